The average molecular weight is 262 g/mol. The Morgan fingerprint density at radius 2 is 1.65 bits per heavy atom. The summed E-state index contributed by atoms with van der Waals surface area (Å²) in [5, 5.41) is 0. The molecule has 1 heteroatoms. The summed E-state index contributed by atoms with van der Waals surface area (Å²) < 4.78 is 0. The number of allylic oxidation sites excluding steroid dienone is 4. The van der Waals surface area contributed by atoms with Gasteiger partial charge in [-0.1, -0.05) is 78.4 Å². The molecule has 0 saturated carbocycles. The molecule has 2 rings (SSSR count). The fourth-order valence-corrected chi connectivity index (χ4v) is 1.85. The van der Waals surface area contributed by atoms with Gasteiger partial charge in [-0.05, 0) is 25.0 Å². The molecule has 2 aromatic carbocycles. The Bertz CT molecular complexity index is 604. The summed E-state index contributed by atoms with van der Waals surface area (Å²) >= 11 is 0. The zero-order valence-electron chi connectivity index (χ0n) is 11.6. The van der Waals surface area contributed by atoms with Gasteiger partial charge >= 0.3 is 0 Å². The van der Waals surface area contributed by atoms with Crippen LogP contribution in [-0.2, 0) is 6.42 Å². The van der Waals surface area contributed by atoms with E-state index in [-0.39, 0.29) is 5.78 Å². The van der Waals surface area contributed by atoms with Crippen LogP contribution < -0.4 is 0 Å². The number of rotatable bonds is 5. The van der Waals surface area contributed by atoms with Crippen molar-refractivity contribution in [3.63, 3.8) is 0 Å². The molecule has 100 valence electrons. The normalized spacial score (nSPS) is 11.2. The zero-order chi connectivity index (χ0) is 14.2. The lowest BCUT2D eigenvalue weighted by Crippen LogP contribution is -1.93. The summed E-state index contributed by atoms with van der Waals surface area (Å²) in [6.07, 6.45) is 8.24. The number of ketones is 1. The first-order valence-corrected chi connectivity index (χ1v) is 6.74. The maximum Gasteiger partial charge on any atom is 0.185 e. The molecule has 0 aliphatic carbocycles. The molecule has 0 saturated heterocycles. The lowest BCUT2D eigenvalue weighted by Gasteiger charge is -1.96. The van der Waals surface area contributed by atoms with Gasteiger partial charge in [0, 0.05) is 5.56 Å². The molecule has 0 radical (unpaired) electrons. The highest BCUT2D eigenvalue weighted by Crippen LogP contribution is 2.05. The van der Waals surface area contributed by atoms with Crippen LogP contribution in [0.25, 0.3) is 0 Å². The number of benzene rings is 2. The molecule has 0 unspecified atom stereocenters. The summed E-state index contributed by atoms with van der Waals surface area (Å²) in [5.41, 5.74) is 3.15. The van der Waals surface area contributed by atoms with Crippen molar-refractivity contribution in [1.29, 1.82) is 0 Å². The highest BCUT2D eigenvalue weighted by Gasteiger charge is 1.99. The van der Waals surface area contributed by atoms with Crippen molar-refractivity contribution < 1.29 is 4.79 Å². The van der Waals surface area contributed by atoms with E-state index in [0.717, 1.165) is 17.5 Å². The number of hydrogen-bond donors (Lipinski definition) is 0. The summed E-state index contributed by atoms with van der Waals surface area (Å²) in [5.74, 6) is 0.0364. The van der Waals surface area contributed by atoms with Gasteiger partial charge in [-0.25, -0.2) is 0 Å². The molecule has 0 aromatic heterocycles. The van der Waals surface area contributed by atoms with E-state index in [9.17, 15) is 4.79 Å². The molecule has 0 aliphatic rings. The van der Waals surface area contributed by atoms with E-state index in [4.69, 9.17) is 0 Å². The van der Waals surface area contributed by atoms with Crippen LogP contribution in [0.1, 0.15) is 21.5 Å². The molecule has 0 N–H and O–H groups in total. The van der Waals surface area contributed by atoms with Crippen molar-refractivity contribution in [3.05, 3.63) is 95.6 Å². The maximum atomic E-state index is 11.9. The molecule has 0 amide bonds. The lowest BCUT2D eigenvalue weighted by molar-refractivity contribution is 0.104. The standard InChI is InChI=1S/C19H18O/c1-16-12-14-18(15-13-16)19(20)11-7-3-6-10-17-8-4-2-5-9-17/h2-9,11-15H,10H2,1H3/b6-3-,11-7+. The van der Waals surface area contributed by atoms with Gasteiger partial charge in [0.2, 0.25) is 0 Å². The molecule has 0 atom stereocenters. The predicted octanol–water partition coefficient (Wildman–Crippen LogP) is 4.53. The molecular formula is C19H18O. The topological polar surface area (TPSA) is 17.1 Å². The van der Waals surface area contributed by atoms with Crippen LogP contribution in [0.3, 0.4) is 0 Å². The third-order valence-corrected chi connectivity index (χ3v) is 3.03. The van der Waals surface area contributed by atoms with E-state index >= 15 is 0 Å². The third-order valence-electron chi connectivity index (χ3n) is 3.03. The number of aryl methyl sites for hydroxylation is 1. The fourth-order valence-electron chi connectivity index (χ4n) is 1.85. The van der Waals surface area contributed by atoms with E-state index in [1.165, 1.54) is 5.56 Å². The second-order valence-corrected chi connectivity index (χ2v) is 4.71. The van der Waals surface area contributed by atoms with Crippen molar-refractivity contribution in [2.75, 3.05) is 0 Å². The quantitative estimate of drug-likeness (QED) is 0.439. The Morgan fingerprint density at radius 3 is 2.35 bits per heavy atom. The molecule has 1 nitrogen and oxygen atoms in total. The van der Waals surface area contributed by atoms with E-state index in [2.05, 4.69) is 12.1 Å². The molecule has 0 bridgehead atoms. The minimum absolute atomic E-state index is 0.0364. The molecule has 0 fully saturated rings. The summed E-state index contributed by atoms with van der Waals surface area (Å²) in [6.45, 7) is 2.01. The van der Waals surface area contributed by atoms with Gasteiger partial charge in [0.25, 0.3) is 0 Å². The SMILES string of the molecule is Cc1ccc(C(=O)/C=C/C=C\Cc2ccccc2)cc1. The first-order valence-electron chi connectivity index (χ1n) is 6.74. The first-order chi connectivity index (χ1) is 9.75. The predicted molar refractivity (Wildman–Crippen MR) is 83.9 cm³/mol. The van der Waals surface area contributed by atoms with Gasteiger partial charge in [-0.15, -0.1) is 0 Å². The van der Waals surface area contributed by atoms with Crippen LogP contribution >= 0.6 is 0 Å². The first kappa shape index (κ1) is 14.0. The minimum Gasteiger partial charge on any atom is -0.289 e. The Morgan fingerprint density at radius 1 is 0.950 bits per heavy atom. The van der Waals surface area contributed by atoms with Crippen LogP contribution in [0.2, 0.25) is 0 Å². The molecule has 20 heavy (non-hydrogen) atoms. The van der Waals surface area contributed by atoms with Crippen LogP contribution in [0.5, 0.6) is 0 Å². The highest BCUT2D eigenvalue weighted by molar-refractivity contribution is 6.04. The van der Waals surface area contributed by atoms with Crippen molar-refractivity contribution >= 4 is 5.78 Å². The van der Waals surface area contributed by atoms with Gasteiger partial charge in [0.1, 0.15) is 0 Å². The number of carbonyl (C=O) groups is 1. The number of hydrogen-bond acceptors (Lipinski definition) is 1. The van der Waals surface area contributed by atoms with Gasteiger partial charge in [-0.3, -0.25) is 4.79 Å². The second-order valence-electron chi connectivity index (χ2n) is 4.71. The Labute approximate surface area is 120 Å². The second kappa shape index (κ2) is 7.25. The molecule has 0 aliphatic heterocycles. The van der Waals surface area contributed by atoms with Crippen molar-refractivity contribution in [3.8, 4) is 0 Å². The third kappa shape index (κ3) is 4.36. The van der Waals surface area contributed by atoms with Gasteiger partial charge in [0.15, 0.2) is 5.78 Å². The summed E-state index contributed by atoms with van der Waals surface area (Å²) in [6, 6.07) is 17.9. The molecule has 2 aromatic rings. The van der Waals surface area contributed by atoms with E-state index in [0.29, 0.717) is 0 Å². The smallest absolute Gasteiger partial charge is 0.185 e. The molecule has 0 spiro atoms. The van der Waals surface area contributed by atoms with Crippen LogP contribution in [0.4, 0.5) is 0 Å². The monoisotopic (exact) mass is 262 g/mol. The summed E-state index contributed by atoms with van der Waals surface area (Å²) in [7, 11) is 0. The van der Waals surface area contributed by atoms with Gasteiger partial charge in [0.05, 0.1) is 0 Å². The summed E-state index contributed by atoms with van der Waals surface area (Å²) in [4.78, 5) is 11.9. The number of carbonyl (C=O) groups excluding carboxylic acids is 1. The minimum atomic E-state index is 0.0364. The lowest BCUT2D eigenvalue weighted by atomic mass is 10.1. The fraction of sp³-hybridized carbons (Fsp3) is 0.105. The largest absolute Gasteiger partial charge is 0.289 e. The van der Waals surface area contributed by atoms with E-state index < -0.39 is 0 Å². The van der Waals surface area contributed by atoms with E-state index in [1.807, 2.05) is 61.5 Å². The van der Waals surface area contributed by atoms with Crippen LogP contribution in [0, 0.1) is 6.92 Å². The average Bonchev–Trinajstić information content (AvgIpc) is 2.48. The van der Waals surface area contributed by atoms with Gasteiger partial charge < -0.3 is 0 Å². The van der Waals surface area contributed by atoms with E-state index in [1.54, 1.807) is 12.2 Å². The zero-order valence-corrected chi connectivity index (χ0v) is 11.6. The van der Waals surface area contributed by atoms with Crippen LogP contribution in [0.15, 0.2) is 78.9 Å². The van der Waals surface area contributed by atoms with Crippen molar-refractivity contribution in [1.82, 2.24) is 0 Å². The molecule has 0 heterocycles. The highest BCUT2D eigenvalue weighted by atomic mass is 16.1. The Kier molecular flexibility index (Phi) is 5.08. The van der Waals surface area contributed by atoms with Crippen molar-refractivity contribution in [2.45, 2.75) is 13.3 Å². The Hall–Kier alpha value is -2.41. The van der Waals surface area contributed by atoms with Crippen molar-refractivity contribution in [2.24, 2.45) is 0 Å². The Balaban J connectivity index is 1.87. The van der Waals surface area contributed by atoms with Gasteiger partial charge in [-0.2, -0.15) is 0 Å². The maximum absolute atomic E-state index is 11.9. The molecular weight excluding hydrogens is 244 g/mol. The van der Waals surface area contributed by atoms with Crippen LogP contribution in [-0.4, -0.2) is 5.78 Å².